The van der Waals surface area contributed by atoms with Crippen molar-refractivity contribution in [1.29, 1.82) is 0 Å². The van der Waals surface area contributed by atoms with Crippen molar-refractivity contribution in [1.82, 2.24) is 0 Å². The molecule has 1 atom stereocenters. The lowest BCUT2D eigenvalue weighted by Crippen LogP contribution is -2.44. The summed E-state index contributed by atoms with van der Waals surface area (Å²) in [5, 5.41) is -0.848. The van der Waals surface area contributed by atoms with Crippen LogP contribution in [0.1, 0.15) is 38.7 Å². The van der Waals surface area contributed by atoms with E-state index in [1.54, 1.807) is 0 Å². The molecule has 1 aliphatic heterocycles. The van der Waals surface area contributed by atoms with Crippen LogP contribution >= 0.6 is 11.6 Å². The average Bonchev–Trinajstić information content (AvgIpc) is 3.69. The lowest BCUT2D eigenvalue weighted by Gasteiger charge is -2.36. The summed E-state index contributed by atoms with van der Waals surface area (Å²) >= 11 is 5.81. The molecule has 1 heterocycles. The van der Waals surface area contributed by atoms with Crippen LogP contribution < -0.4 is 9.04 Å². The van der Waals surface area contributed by atoms with Crippen LogP contribution in [-0.2, 0) is 35.8 Å². The van der Waals surface area contributed by atoms with Crippen LogP contribution in [0.25, 0.3) is 0 Å². The summed E-state index contributed by atoms with van der Waals surface area (Å²) in [5.41, 5.74) is -2.65. The predicted octanol–water partition coefficient (Wildman–Crippen LogP) is 4.83. The van der Waals surface area contributed by atoms with Crippen molar-refractivity contribution in [3.8, 4) is 5.75 Å². The third-order valence-corrected chi connectivity index (χ3v) is 10.9. The number of esters is 1. The Labute approximate surface area is 234 Å². The molecule has 2 aromatic carbocycles. The first-order valence-electron chi connectivity index (χ1n) is 12.2. The summed E-state index contributed by atoms with van der Waals surface area (Å²) in [7, 11) is -7.77. The van der Waals surface area contributed by atoms with Crippen molar-refractivity contribution in [2.75, 3.05) is 16.6 Å². The minimum absolute atomic E-state index is 0.00489. The predicted molar refractivity (Wildman–Crippen MR) is 138 cm³/mol. The van der Waals surface area contributed by atoms with Crippen LogP contribution in [0.4, 0.5) is 23.2 Å². The number of hydrogen-bond acceptors (Lipinski definition) is 7. The second kappa shape index (κ2) is 10.7. The lowest BCUT2D eigenvalue weighted by molar-refractivity contribution is -0.257. The van der Waals surface area contributed by atoms with Gasteiger partial charge in [-0.15, -0.1) is 0 Å². The normalized spacial score (nSPS) is 18.2. The minimum Gasteiger partial charge on any atom is -0.486 e. The van der Waals surface area contributed by atoms with E-state index in [4.69, 9.17) is 16.3 Å². The first kappa shape index (κ1) is 30.4. The van der Waals surface area contributed by atoms with Crippen molar-refractivity contribution < 1.29 is 48.7 Å². The van der Waals surface area contributed by atoms with E-state index in [9.17, 15) is 39.2 Å². The van der Waals surface area contributed by atoms with Gasteiger partial charge in [-0.2, -0.15) is 13.2 Å². The van der Waals surface area contributed by atoms with Gasteiger partial charge in [-0.1, -0.05) is 17.7 Å². The molecule has 1 fully saturated rings. The van der Waals surface area contributed by atoms with Gasteiger partial charge in [0, 0.05) is 0 Å². The third-order valence-electron chi connectivity index (χ3n) is 6.59. The number of hydrogen-bond donors (Lipinski definition) is 0. The zero-order chi connectivity index (χ0) is 29.7. The standard InChI is InChI=1S/C25H26ClF4NO7S2/c1-24(2,25(28,29)30)38-23(32)12-15-3-8-22-21(11-15)31(40(35,36)18-6-7-20(27)19(26)13-18)14-16(37-22)9-10-39(33,34)17-4-5-17/h3,6-8,11,13,16-17H,4-5,9-10,12,14H2,1-2H3/t16-/m0/s1. The van der Waals surface area contributed by atoms with Crippen LogP contribution in [-0.4, -0.2) is 58.2 Å². The maximum atomic E-state index is 13.7. The molecule has 2 aromatic rings. The number of benzene rings is 2. The van der Waals surface area contributed by atoms with Gasteiger partial charge in [0.15, 0.2) is 9.84 Å². The number of ether oxygens (including phenoxy) is 2. The highest BCUT2D eigenvalue weighted by Crippen LogP contribution is 2.40. The molecule has 8 nitrogen and oxygen atoms in total. The first-order valence-corrected chi connectivity index (χ1v) is 15.7. The van der Waals surface area contributed by atoms with Gasteiger partial charge in [-0.25, -0.2) is 21.2 Å². The SMILES string of the molecule is CC(C)(OC(=O)Cc1ccc2c(c1)N(S(=O)(=O)c1ccc(F)c(Cl)c1)C[C@H](CCS(=O)(=O)C1CC1)O2)C(F)(F)F. The van der Waals surface area contributed by atoms with Gasteiger partial charge in [-0.05, 0) is 69.0 Å². The van der Waals surface area contributed by atoms with Crippen LogP contribution in [0.15, 0.2) is 41.3 Å². The van der Waals surface area contributed by atoms with E-state index in [1.807, 2.05) is 0 Å². The molecule has 0 saturated heterocycles. The number of carbonyl (C=O) groups is 1. The van der Waals surface area contributed by atoms with Crippen molar-refractivity contribution in [3.05, 3.63) is 52.8 Å². The first-order chi connectivity index (χ1) is 18.4. The van der Waals surface area contributed by atoms with Gasteiger partial charge in [0.2, 0.25) is 5.60 Å². The van der Waals surface area contributed by atoms with Crippen molar-refractivity contribution in [3.63, 3.8) is 0 Å². The summed E-state index contributed by atoms with van der Waals surface area (Å²) < 4.78 is 117. The highest BCUT2D eigenvalue weighted by atomic mass is 35.5. The number of alkyl halides is 3. The van der Waals surface area contributed by atoms with E-state index < -0.39 is 66.2 Å². The van der Waals surface area contributed by atoms with E-state index in [0.29, 0.717) is 26.7 Å². The second-order valence-electron chi connectivity index (χ2n) is 10.2. The Morgan fingerprint density at radius 3 is 2.38 bits per heavy atom. The fourth-order valence-electron chi connectivity index (χ4n) is 4.04. The summed E-state index contributed by atoms with van der Waals surface area (Å²) in [4.78, 5) is 12.0. The molecule has 0 spiro atoms. The molecule has 2 aliphatic rings. The van der Waals surface area contributed by atoms with Gasteiger partial charge in [0.1, 0.15) is 17.7 Å². The Morgan fingerprint density at radius 2 is 1.77 bits per heavy atom. The number of sulfone groups is 1. The van der Waals surface area contributed by atoms with Gasteiger partial charge >= 0.3 is 12.1 Å². The lowest BCUT2D eigenvalue weighted by atomic mass is 10.1. The molecule has 0 aromatic heterocycles. The van der Waals surface area contributed by atoms with Crippen LogP contribution in [0.2, 0.25) is 5.02 Å². The molecule has 0 amide bonds. The fourth-order valence-corrected chi connectivity index (χ4v) is 7.59. The number of carbonyl (C=O) groups excluding carboxylic acids is 1. The van der Waals surface area contributed by atoms with Crippen molar-refractivity contribution in [2.45, 2.75) is 67.6 Å². The molecular weight excluding hydrogens is 602 g/mol. The number of rotatable bonds is 9. The maximum Gasteiger partial charge on any atom is 0.427 e. The summed E-state index contributed by atoms with van der Waals surface area (Å²) in [5.74, 6) is -2.20. The molecule has 1 saturated carbocycles. The van der Waals surface area contributed by atoms with Gasteiger partial charge < -0.3 is 9.47 Å². The van der Waals surface area contributed by atoms with E-state index in [-0.39, 0.29) is 40.6 Å². The van der Waals surface area contributed by atoms with Gasteiger partial charge in [0.05, 0.1) is 39.6 Å². The zero-order valence-corrected chi connectivity index (χ0v) is 23.8. The maximum absolute atomic E-state index is 13.7. The Morgan fingerprint density at radius 1 is 1.10 bits per heavy atom. The topological polar surface area (TPSA) is 107 Å². The molecule has 0 unspecified atom stereocenters. The molecule has 0 bridgehead atoms. The molecule has 15 heteroatoms. The van der Waals surface area contributed by atoms with Crippen LogP contribution in [0, 0.1) is 5.82 Å². The molecule has 220 valence electrons. The average molecular weight is 628 g/mol. The second-order valence-corrected chi connectivity index (χ2v) is 14.8. The zero-order valence-electron chi connectivity index (χ0n) is 21.4. The van der Waals surface area contributed by atoms with Crippen molar-refractivity contribution >= 4 is 43.1 Å². The Balaban J connectivity index is 1.65. The van der Waals surface area contributed by atoms with Crippen LogP contribution in [0.5, 0.6) is 5.75 Å². The molecule has 0 N–H and O–H groups in total. The Hall–Kier alpha value is -2.58. The number of halogens is 5. The minimum atomic E-state index is -4.81. The van der Waals surface area contributed by atoms with Gasteiger partial charge in [-0.3, -0.25) is 9.10 Å². The quantitative estimate of drug-likeness (QED) is 0.290. The highest BCUT2D eigenvalue weighted by molar-refractivity contribution is 7.93. The van der Waals surface area contributed by atoms with Crippen molar-refractivity contribution in [2.24, 2.45) is 0 Å². The molecule has 1 aliphatic carbocycles. The number of anilines is 1. The summed E-state index contributed by atoms with van der Waals surface area (Å²) in [6, 6.07) is 6.78. The van der Waals surface area contributed by atoms with E-state index >= 15 is 0 Å². The monoisotopic (exact) mass is 627 g/mol. The molecule has 4 rings (SSSR count). The fraction of sp³-hybridized carbons (Fsp3) is 0.480. The number of fused-ring (bicyclic) bond motifs is 1. The molecule has 0 radical (unpaired) electrons. The Kier molecular flexibility index (Phi) is 8.11. The number of sulfonamides is 1. The number of nitrogens with zero attached hydrogens (tertiary/aromatic N) is 1. The van der Waals surface area contributed by atoms with E-state index in [2.05, 4.69) is 4.74 Å². The highest BCUT2D eigenvalue weighted by Gasteiger charge is 2.50. The van der Waals surface area contributed by atoms with Crippen LogP contribution in [0.3, 0.4) is 0 Å². The van der Waals surface area contributed by atoms with Gasteiger partial charge in [0.25, 0.3) is 10.0 Å². The largest absolute Gasteiger partial charge is 0.486 e. The van der Waals surface area contributed by atoms with E-state index in [0.717, 1.165) is 22.5 Å². The van der Waals surface area contributed by atoms with E-state index in [1.165, 1.54) is 18.2 Å². The smallest absolute Gasteiger partial charge is 0.427 e. The molecular formula is C25H26ClF4NO7S2. The summed E-state index contributed by atoms with van der Waals surface area (Å²) in [6.07, 6.45) is -5.13. The summed E-state index contributed by atoms with van der Waals surface area (Å²) in [6.45, 7) is 1.09. The molecule has 40 heavy (non-hydrogen) atoms. The third kappa shape index (κ3) is 6.49. The Bertz CT molecular complexity index is 1520.